The van der Waals surface area contributed by atoms with Gasteiger partial charge in [-0.3, -0.25) is 4.79 Å². The molecule has 2 atom stereocenters. The van der Waals surface area contributed by atoms with Gasteiger partial charge in [0.15, 0.2) is 0 Å². The zero-order valence-corrected chi connectivity index (χ0v) is 12.8. The number of rotatable bonds is 2. The van der Waals surface area contributed by atoms with Crippen molar-refractivity contribution in [3.05, 3.63) is 22.8 Å². The molecule has 2 heterocycles. The fourth-order valence-corrected chi connectivity index (χ4v) is 3.95. The normalized spacial score (nSPS) is 25.3. The van der Waals surface area contributed by atoms with E-state index in [0.29, 0.717) is 23.3 Å². The SMILES string of the molecule is NNc1cc(C(=O)N2CCC[C@H]3CCCC[C@H]32)cc(Cl)n1. The van der Waals surface area contributed by atoms with Crippen molar-refractivity contribution in [2.24, 2.45) is 11.8 Å². The van der Waals surface area contributed by atoms with Crippen LogP contribution in [0.25, 0.3) is 0 Å². The smallest absolute Gasteiger partial charge is 0.254 e. The fourth-order valence-electron chi connectivity index (χ4n) is 3.74. The van der Waals surface area contributed by atoms with E-state index in [2.05, 4.69) is 10.4 Å². The van der Waals surface area contributed by atoms with Gasteiger partial charge in [0.2, 0.25) is 0 Å². The van der Waals surface area contributed by atoms with Crippen LogP contribution in [-0.2, 0) is 0 Å². The third-order valence-corrected chi connectivity index (χ3v) is 4.89. The summed E-state index contributed by atoms with van der Waals surface area (Å²) < 4.78 is 0. The molecule has 0 bridgehead atoms. The minimum Gasteiger partial charge on any atom is -0.335 e. The van der Waals surface area contributed by atoms with E-state index < -0.39 is 0 Å². The number of amides is 1. The highest BCUT2D eigenvalue weighted by Gasteiger charge is 2.36. The number of anilines is 1. The Kier molecular flexibility index (Phi) is 4.31. The highest BCUT2D eigenvalue weighted by molar-refractivity contribution is 6.29. The zero-order chi connectivity index (χ0) is 14.8. The average molecular weight is 309 g/mol. The molecule has 114 valence electrons. The van der Waals surface area contributed by atoms with Crippen LogP contribution in [-0.4, -0.2) is 28.4 Å². The lowest BCUT2D eigenvalue weighted by Gasteiger charge is -2.44. The summed E-state index contributed by atoms with van der Waals surface area (Å²) >= 11 is 5.97. The van der Waals surface area contributed by atoms with Crippen molar-refractivity contribution < 1.29 is 4.79 Å². The second kappa shape index (κ2) is 6.20. The van der Waals surface area contributed by atoms with Gasteiger partial charge in [-0.1, -0.05) is 24.4 Å². The van der Waals surface area contributed by atoms with Gasteiger partial charge >= 0.3 is 0 Å². The molecule has 2 aliphatic rings. The van der Waals surface area contributed by atoms with Crippen molar-refractivity contribution in [2.75, 3.05) is 12.0 Å². The van der Waals surface area contributed by atoms with Gasteiger partial charge < -0.3 is 10.3 Å². The topological polar surface area (TPSA) is 71.2 Å². The molecule has 1 aliphatic carbocycles. The zero-order valence-electron chi connectivity index (χ0n) is 12.0. The molecular formula is C15H21ClN4O. The van der Waals surface area contributed by atoms with E-state index in [-0.39, 0.29) is 11.1 Å². The number of carbonyl (C=O) groups is 1. The Balaban J connectivity index is 1.85. The van der Waals surface area contributed by atoms with Gasteiger partial charge in [0, 0.05) is 18.2 Å². The predicted molar refractivity (Wildman–Crippen MR) is 83.1 cm³/mol. The number of piperidine rings is 1. The molecule has 0 radical (unpaired) electrons. The van der Waals surface area contributed by atoms with Crippen LogP contribution in [0.4, 0.5) is 5.82 Å². The standard InChI is InChI=1S/C15H21ClN4O/c16-13-8-11(9-14(18-13)19-17)15(21)20-7-3-5-10-4-1-2-6-12(10)20/h8-10,12H,1-7,17H2,(H,18,19)/t10-,12-/m1/s1. The Morgan fingerprint density at radius 2 is 2.05 bits per heavy atom. The quantitative estimate of drug-likeness (QED) is 0.501. The molecule has 1 aliphatic heterocycles. The van der Waals surface area contributed by atoms with Gasteiger partial charge in [0.25, 0.3) is 5.91 Å². The van der Waals surface area contributed by atoms with Crippen LogP contribution in [0.15, 0.2) is 12.1 Å². The van der Waals surface area contributed by atoms with Crippen LogP contribution >= 0.6 is 11.6 Å². The number of nitrogens with one attached hydrogen (secondary N) is 1. The number of hydrogen-bond acceptors (Lipinski definition) is 4. The first-order chi connectivity index (χ1) is 10.2. The molecule has 0 aromatic carbocycles. The summed E-state index contributed by atoms with van der Waals surface area (Å²) in [5, 5.41) is 0.283. The number of nitrogen functional groups attached to an aromatic ring is 1. The predicted octanol–water partition coefficient (Wildman–Crippen LogP) is 2.82. The monoisotopic (exact) mass is 308 g/mol. The number of hydrogen-bond donors (Lipinski definition) is 2. The van der Waals surface area contributed by atoms with Gasteiger partial charge in [0.1, 0.15) is 11.0 Å². The van der Waals surface area contributed by atoms with Crippen LogP contribution in [0.5, 0.6) is 0 Å². The Bertz CT molecular complexity index is 534. The van der Waals surface area contributed by atoms with E-state index in [4.69, 9.17) is 17.4 Å². The number of halogens is 1. The molecule has 21 heavy (non-hydrogen) atoms. The molecule has 1 saturated heterocycles. The second-order valence-electron chi connectivity index (χ2n) is 5.96. The lowest BCUT2D eigenvalue weighted by Crippen LogP contribution is -2.49. The first-order valence-corrected chi connectivity index (χ1v) is 8.02. The molecule has 5 nitrogen and oxygen atoms in total. The maximum absolute atomic E-state index is 12.8. The van der Waals surface area contributed by atoms with E-state index in [1.807, 2.05) is 4.90 Å². The van der Waals surface area contributed by atoms with Crippen LogP contribution in [0, 0.1) is 5.92 Å². The highest BCUT2D eigenvalue weighted by Crippen LogP contribution is 2.36. The summed E-state index contributed by atoms with van der Waals surface area (Å²) in [6, 6.07) is 3.68. The minimum absolute atomic E-state index is 0.0485. The van der Waals surface area contributed by atoms with Gasteiger partial charge in [-0.25, -0.2) is 10.8 Å². The third kappa shape index (κ3) is 2.99. The van der Waals surface area contributed by atoms with E-state index in [1.165, 1.54) is 25.7 Å². The maximum Gasteiger partial charge on any atom is 0.254 e. The number of nitrogens with two attached hydrogens (primary N) is 1. The van der Waals surface area contributed by atoms with Gasteiger partial charge in [0.05, 0.1) is 0 Å². The minimum atomic E-state index is 0.0485. The van der Waals surface area contributed by atoms with Gasteiger partial charge in [-0.15, -0.1) is 0 Å². The molecule has 0 spiro atoms. The van der Waals surface area contributed by atoms with Crippen LogP contribution in [0.3, 0.4) is 0 Å². The average Bonchev–Trinajstić information content (AvgIpc) is 2.53. The van der Waals surface area contributed by atoms with Crippen LogP contribution < -0.4 is 11.3 Å². The molecule has 1 amide bonds. The van der Waals surface area contributed by atoms with Crippen molar-refractivity contribution >= 4 is 23.3 Å². The lowest BCUT2D eigenvalue weighted by atomic mass is 9.78. The Morgan fingerprint density at radius 1 is 1.29 bits per heavy atom. The molecule has 1 aromatic rings. The van der Waals surface area contributed by atoms with Crippen molar-refractivity contribution in [1.29, 1.82) is 0 Å². The number of hydrazine groups is 1. The molecule has 6 heteroatoms. The summed E-state index contributed by atoms with van der Waals surface area (Å²) in [4.78, 5) is 18.9. The maximum atomic E-state index is 12.8. The van der Waals surface area contributed by atoms with E-state index in [0.717, 1.165) is 19.4 Å². The van der Waals surface area contributed by atoms with E-state index in [9.17, 15) is 4.79 Å². The van der Waals surface area contributed by atoms with E-state index in [1.54, 1.807) is 12.1 Å². The Hall–Kier alpha value is -1.33. The molecule has 1 saturated carbocycles. The van der Waals surface area contributed by atoms with Crippen molar-refractivity contribution in [3.63, 3.8) is 0 Å². The molecule has 2 fully saturated rings. The Labute approximate surface area is 129 Å². The van der Waals surface area contributed by atoms with Crippen molar-refractivity contribution in [2.45, 2.75) is 44.6 Å². The summed E-state index contributed by atoms with van der Waals surface area (Å²) in [5.74, 6) is 6.51. The number of carbonyl (C=O) groups excluding carboxylic acids is 1. The third-order valence-electron chi connectivity index (χ3n) is 4.69. The summed E-state index contributed by atoms with van der Waals surface area (Å²) in [6.07, 6.45) is 7.23. The Morgan fingerprint density at radius 3 is 2.86 bits per heavy atom. The number of pyridine rings is 1. The number of nitrogens with zero attached hydrogens (tertiary/aromatic N) is 2. The first kappa shape index (κ1) is 14.6. The number of aromatic nitrogens is 1. The highest BCUT2D eigenvalue weighted by atomic mass is 35.5. The summed E-state index contributed by atoms with van der Waals surface area (Å²) in [7, 11) is 0. The van der Waals surface area contributed by atoms with E-state index >= 15 is 0 Å². The molecule has 3 rings (SSSR count). The van der Waals surface area contributed by atoms with Crippen LogP contribution in [0.1, 0.15) is 48.9 Å². The largest absolute Gasteiger partial charge is 0.335 e. The van der Waals surface area contributed by atoms with Crippen molar-refractivity contribution in [3.8, 4) is 0 Å². The van der Waals surface area contributed by atoms with Gasteiger partial charge in [-0.2, -0.15) is 0 Å². The lowest BCUT2D eigenvalue weighted by molar-refractivity contribution is 0.0390. The molecular weight excluding hydrogens is 288 g/mol. The molecule has 0 unspecified atom stereocenters. The molecule has 1 aromatic heterocycles. The summed E-state index contributed by atoms with van der Waals surface area (Å²) in [6.45, 7) is 0.839. The van der Waals surface area contributed by atoms with Gasteiger partial charge in [-0.05, 0) is 43.7 Å². The fraction of sp³-hybridized carbons (Fsp3) is 0.600. The number of likely N-dealkylation sites (tertiary alicyclic amines) is 1. The second-order valence-corrected chi connectivity index (χ2v) is 6.35. The molecule has 3 N–H and O–H groups in total. The number of fused-ring (bicyclic) bond motifs is 1. The summed E-state index contributed by atoms with van der Waals surface area (Å²) in [5.41, 5.74) is 3.02. The van der Waals surface area contributed by atoms with Crippen LogP contribution in [0.2, 0.25) is 5.15 Å². The van der Waals surface area contributed by atoms with Crippen molar-refractivity contribution in [1.82, 2.24) is 9.88 Å². The first-order valence-electron chi connectivity index (χ1n) is 7.64.